The fourth-order valence-corrected chi connectivity index (χ4v) is 3.00. The minimum absolute atomic E-state index is 0.0172. The van der Waals surface area contributed by atoms with E-state index in [4.69, 9.17) is 13.9 Å². The normalized spacial score (nSPS) is 11.9. The Morgan fingerprint density at radius 1 is 1.03 bits per heavy atom. The van der Waals surface area contributed by atoms with Gasteiger partial charge in [0.05, 0.1) is 31.5 Å². The highest BCUT2D eigenvalue weighted by molar-refractivity contribution is 5.66. The fourth-order valence-electron chi connectivity index (χ4n) is 3.00. The van der Waals surface area contributed by atoms with Crippen LogP contribution < -0.4 is 4.74 Å². The minimum Gasteiger partial charge on any atom is -0.487 e. The van der Waals surface area contributed by atoms with Crippen LogP contribution in [0.3, 0.4) is 0 Å². The van der Waals surface area contributed by atoms with E-state index < -0.39 is 17.6 Å². The lowest BCUT2D eigenvalue weighted by Gasteiger charge is -2.07. The molecule has 182 valence electrons. The summed E-state index contributed by atoms with van der Waals surface area (Å²) in [6.07, 6.45) is 2.82. The van der Waals surface area contributed by atoms with Crippen molar-refractivity contribution >= 4 is 12.2 Å². The van der Waals surface area contributed by atoms with Gasteiger partial charge in [-0.25, -0.2) is 9.37 Å². The van der Waals surface area contributed by atoms with Gasteiger partial charge in [-0.15, -0.1) is 5.10 Å². The third-order valence-electron chi connectivity index (χ3n) is 4.82. The molecule has 0 saturated heterocycles. The Labute approximate surface area is 197 Å². The molecule has 4 aromatic rings. The highest BCUT2D eigenvalue weighted by Crippen LogP contribution is 2.30. The first-order chi connectivity index (χ1) is 16.9. The van der Waals surface area contributed by atoms with Gasteiger partial charge in [0.1, 0.15) is 30.1 Å². The zero-order valence-corrected chi connectivity index (χ0v) is 18.3. The maximum absolute atomic E-state index is 13.9. The molecular formula is C24H20F4N4O3. The quantitative estimate of drug-likeness (QED) is 0.220. The van der Waals surface area contributed by atoms with E-state index in [1.54, 1.807) is 17.1 Å². The van der Waals surface area contributed by atoms with Crippen LogP contribution in [0.2, 0.25) is 0 Å². The average molecular weight is 488 g/mol. The second-order valence-corrected chi connectivity index (χ2v) is 7.40. The number of hydrogen-bond donors (Lipinski definition) is 0. The summed E-state index contributed by atoms with van der Waals surface area (Å²) >= 11 is 0. The predicted octanol–water partition coefficient (Wildman–Crippen LogP) is 5.39. The van der Waals surface area contributed by atoms with Crippen molar-refractivity contribution in [1.82, 2.24) is 20.0 Å². The Morgan fingerprint density at radius 3 is 2.57 bits per heavy atom. The molecule has 4 rings (SSSR count). The number of nitrogens with zero attached hydrogens (tertiary/aromatic N) is 4. The molecule has 0 N–H and O–H groups in total. The zero-order valence-electron chi connectivity index (χ0n) is 18.3. The summed E-state index contributed by atoms with van der Waals surface area (Å²) in [7, 11) is 0. The van der Waals surface area contributed by atoms with Crippen LogP contribution in [0.1, 0.15) is 28.3 Å². The van der Waals surface area contributed by atoms with Crippen molar-refractivity contribution in [2.45, 2.75) is 25.9 Å². The first kappa shape index (κ1) is 24.1. The Kier molecular flexibility index (Phi) is 7.56. The summed E-state index contributed by atoms with van der Waals surface area (Å²) in [4.78, 5) is 4.20. The summed E-state index contributed by atoms with van der Waals surface area (Å²) in [6, 6.07) is 9.71. The van der Waals surface area contributed by atoms with Crippen LogP contribution in [0.25, 0.3) is 12.2 Å². The van der Waals surface area contributed by atoms with Crippen LogP contribution in [-0.4, -0.2) is 26.6 Å². The third-order valence-corrected chi connectivity index (χ3v) is 4.82. The van der Waals surface area contributed by atoms with E-state index in [-0.39, 0.29) is 18.1 Å². The first-order valence-electron chi connectivity index (χ1n) is 10.5. The fraction of sp³-hybridized carbons (Fsp3) is 0.208. The second kappa shape index (κ2) is 11.0. The maximum Gasteiger partial charge on any atom is 0.416 e. The van der Waals surface area contributed by atoms with Crippen LogP contribution in [0.15, 0.2) is 65.5 Å². The van der Waals surface area contributed by atoms with E-state index in [0.717, 1.165) is 17.7 Å². The van der Waals surface area contributed by atoms with Crippen LogP contribution in [-0.2, 0) is 30.7 Å². The van der Waals surface area contributed by atoms with E-state index in [1.165, 1.54) is 18.4 Å². The maximum atomic E-state index is 13.9. The van der Waals surface area contributed by atoms with Crippen molar-refractivity contribution < 1.29 is 31.5 Å². The van der Waals surface area contributed by atoms with Gasteiger partial charge in [-0.1, -0.05) is 23.4 Å². The summed E-state index contributed by atoms with van der Waals surface area (Å²) in [5, 5.41) is 7.59. The van der Waals surface area contributed by atoms with Crippen LogP contribution in [0.4, 0.5) is 17.6 Å². The van der Waals surface area contributed by atoms with Gasteiger partial charge >= 0.3 is 6.18 Å². The number of rotatable bonds is 10. The van der Waals surface area contributed by atoms with E-state index in [9.17, 15) is 17.6 Å². The highest BCUT2D eigenvalue weighted by Gasteiger charge is 2.30. The number of halogens is 4. The molecule has 0 spiro atoms. The molecule has 0 saturated carbocycles. The molecule has 35 heavy (non-hydrogen) atoms. The molecule has 0 aliphatic rings. The van der Waals surface area contributed by atoms with Crippen molar-refractivity contribution in [1.29, 1.82) is 0 Å². The lowest BCUT2D eigenvalue weighted by atomic mass is 10.1. The SMILES string of the molecule is Fc1cc(C(F)(F)F)ccc1C=Cc1nc(COc2ccc(COCCn3ccnn3)cc2)co1. The Bertz CT molecular complexity index is 1250. The lowest BCUT2D eigenvalue weighted by Crippen LogP contribution is -2.06. The molecular weight excluding hydrogens is 468 g/mol. The predicted molar refractivity (Wildman–Crippen MR) is 117 cm³/mol. The van der Waals surface area contributed by atoms with Crippen LogP contribution in [0.5, 0.6) is 5.75 Å². The molecule has 2 aromatic heterocycles. The molecule has 0 unspecified atom stereocenters. The van der Waals surface area contributed by atoms with E-state index in [1.807, 2.05) is 24.3 Å². The molecule has 11 heteroatoms. The monoisotopic (exact) mass is 488 g/mol. The number of alkyl halides is 3. The molecule has 2 aromatic carbocycles. The summed E-state index contributed by atoms with van der Waals surface area (Å²) in [5.41, 5.74) is 0.418. The van der Waals surface area contributed by atoms with Gasteiger partial charge in [0, 0.05) is 17.8 Å². The van der Waals surface area contributed by atoms with E-state index in [0.29, 0.717) is 37.3 Å². The van der Waals surface area contributed by atoms with Crippen molar-refractivity contribution in [3.63, 3.8) is 0 Å². The number of benzene rings is 2. The standard InChI is InChI=1S/C24H20F4N4O3/c25-22-13-19(24(26,27)28)5-3-18(22)4-8-23-30-20(16-35-23)15-34-21-6-1-17(2-7-21)14-33-12-11-32-10-9-29-31-32/h1-10,13,16H,11-12,14-15H2. The first-order valence-corrected chi connectivity index (χ1v) is 10.5. The molecule has 2 heterocycles. The Balaban J connectivity index is 1.24. The number of aromatic nitrogens is 4. The lowest BCUT2D eigenvalue weighted by molar-refractivity contribution is -0.137. The number of ether oxygens (including phenoxy) is 2. The summed E-state index contributed by atoms with van der Waals surface area (Å²) in [5.74, 6) is -0.195. The highest BCUT2D eigenvalue weighted by atomic mass is 19.4. The van der Waals surface area contributed by atoms with Gasteiger partial charge in [-0.2, -0.15) is 13.2 Å². The van der Waals surface area contributed by atoms with Crippen LogP contribution in [0, 0.1) is 5.82 Å². The molecule has 0 bridgehead atoms. The molecule has 0 amide bonds. The topological polar surface area (TPSA) is 75.2 Å². The van der Waals surface area contributed by atoms with Gasteiger partial charge in [-0.3, -0.25) is 4.68 Å². The van der Waals surface area contributed by atoms with Gasteiger partial charge in [-0.05, 0) is 35.9 Å². The minimum atomic E-state index is -4.60. The van der Waals surface area contributed by atoms with Gasteiger partial charge in [0.15, 0.2) is 0 Å². The van der Waals surface area contributed by atoms with Crippen LogP contribution >= 0.6 is 0 Å². The van der Waals surface area contributed by atoms with Crippen molar-refractivity contribution in [3.05, 3.63) is 95.2 Å². The largest absolute Gasteiger partial charge is 0.487 e. The zero-order chi connectivity index (χ0) is 24.7. The molecule has 7 nitrogen and oxygen atoms in total. The van der Waals surface area contributed by atoms with Gasteiger partial charge in [0.25, 0.3) is 0 Å². The van der Waals surface area contributed by atoms with Gasteiger partial charge < -0.3 is 13.9 Å². The van der Waals surface area contributed by atoms with E-state index >= 15 is 0 Å². The molecule has 0 aliphatic heterocycles. The van der Waals surface area contributed by atoms with E-state index in [2.05, 4.69) is 15.3 Å². The molecule has 0 radical (unpaired) electrons. The second-order valence-electron chi connectivity index (χ2n) is 7.40. The smallest absolute Gasteiger partial charge is 0.416 e. The Morgan fingerprint density at radius 2 is 1.86 bits per heavy atom. The third kappa shape index (κ3) is 7.00. The molecule has 0 aliphatic carbocycles. The number of oxazole rings is 1. The van der Waals surface area contributed by atoms with Crippen molar-refractivity contribution in [2.24, 2.45) is 0 Å². The number of hydrogen-bond acceptors (Lipinski definition) is 6. The Hall–Kier alpha value is -3.99. The summed E-state index contributed by atoms with van der Waals surface area (Å²) in [6.45, 7) is 1.72. The van der Waals surface area contributed by atoms with Gasteiger partial charge in [0.2, 0.25) is 5.89 Å². The molecule has 0 atom stereocenters. The average Bonchev–Trinajstić information content (AvgIpc) is 3.52. The van der Waals surface area contributed by atoms with Crippen molar-refractivity contribution in [2.75, 3.05) is 6.61 Å². The molecule has 0 fully saturated rings. The summed E-state index contributed by atoms with van der Waals surface area (Å²) < 4.78 is 70.1. The van der Waals surface area contributed by atoms with Crippen molar-refractivity contribution in [3.8, 4) is 5.75 Å².